The van der Waals surface area contributed by atoms with Gasteiger partial charge in [0.25, 0.3) is 0 Å². The Labute approximate surface area is 180 Å². The highest BCUT2D eigenvalue weighted by atomic mass is 16.4. The zero-order valence-electron chi connectivity index (χ0n) is 19.4. The molecule has 0 spiro atoms. The minimum absolute atomic E-state index is 0. The average Bonchev–Trinajstić information content (AvgIpc) is 2.69. The number of carboxylic acids is 1. The Bertz CT molecular complexity index is 438. The monoisotopic (exact) mass is 408 g/mol. The second-order valence-corrected chi connectivity index (χ2v) is 7.83. The molecule has 0 amide bonds. The van der Waals surface area contributed by atoms with Gasteiger partial charge >= 0.3 is 0 Å². The number of carbonyl (C=O) groups excluding carboxylic acids is 1. The van der Waals surface area contributed by atoms with E-state index in [1.54, 1.807) is 6.92 Å². The molecule has 29 heavy (non-hydrogen) atoms. The Morgan fingerprint density at radius 2 is 1.07 bits per heavy atom. The molecule has 1 heterocycles. The molecule has 1 aromatic rings. The number of carboxylic acid groups (broad SMARTS) is 1. The molecule has 170 valence electrons. The van der Waals surface area contributed by atoms with Gasteiger partial charge in [-0.05, 0) is 12.8 Å². The van der Waals surface area contributed by atoms with Gasteiger partial charge in [-0.3, -0.25) is 0 Å². The summed E-state index contributed by atoms with van der Waals surface area (Å²) in [5.41, 5.74) is 0. The molecule has 0 aromatic carbocycles. The number of nitrogens with zero attached hydrogens (tertiary/aromatic N) is 1. The van der Waals surface area contributed by atoms with E-state index in [-0.39, 0.29) is 12.6 Å². The van der Waals surface area contributed by atoms with Crippen LogP contribution in [0, 0.1) is 0 Å². The van der Waals surface area contributed by atoms with Crippen LogP contribution in [0.1, 0.15) is 117 Å². The molecular weight excluding hydrogens is 360 g/mol. The number of carbonyl (C=O) groups is 1. The SMILES string of the molecule is CCCC(=O)[O-].CCCCCCCCCCCCCCCC[n+]1ccccc1.N. The Balaban J connectivity index is 0. The molecule has 1 rings (SSSR count). The molecule has 0 unspecified atom stereocenters. The average molecular weight is 409 g/mol. The van der Waals surface area contributed by atoms with Crippen molar-refractivity contribution < 1.29 is 14.5 Å². The van der Waals surface area contributed by atoms with Gasteiger partial charge in [0.15, 0.2) is 12.4 Å². The third-order valence-electron chi connectivity index (χ3n) is 5.00. The van der Waals surface area contributed by atoms with Crippen molar-refractivity contribution in [3.05, 3.63) is 30.6 Å². The predicted octanol–water partition coefficient (Wildman–Crippen LogP) is 6.15. The maximum atomic E-state index is 9.49. The van der Waals surface area contributed by atoms with Gasteiger partial charge in [-0.1, -0.05) is 103 Å². The summed E-state index contributed by atoms with van der Waals surface area (Å²) in [6.07, 6.45) is 25.3. The molecule has 0 aliphatic rings. The van der Waals surface area contributed by atoms with Gasteiger partial charge in [0, 0.05) is 24.5 Å². The summed E-state index contributed by atoms with van der Waals surface area (Å²) in [6.45, 7) is 5.27. The molecule has 0 aliphatic carbocycles. The minimum atomic E-state index is -0.961. The maximum Gasteiger partial charge on any atom is 0.168 e. The quantitative estimate of drug-likeness (QED) is 0.248. The fourth-order valence-corrected chi connectivity index (χ4v) is 3.28. The summed E-state index contributed by atoms with van der Waals surface area (Å²) in [7, 11) is 0. The third-order valence-corrected chi connectivity index (χ3v) is 5.00. The van der Waals surface area contributed by atoms with Crippen LogP contribution in [0.3, 0.4) is 0 Å². The molecule has 0 atom stereocenters. The summed E-state index contributed by atoms with van der Waals surface area (Å²) in [5.74, 6) is -0.961. The van der Waals surface area contributed by atoms with Gasteiger partial charge in [-0.15, -0.1) is 0 Å². The van der Waals surface area contributed by atoms with E-state index in [9.17, 15) is 9.90 Å². The standard InChI is InChI=1S/C21H38N.C4H8O2.H3N/c1-2-3-4-5-6-7-8-9-10-11-12-13-14-16-19-22-20-17-15-18-21-22;1-2-3-4(5)6;/h15,17-18,20-21H,2-14,16,19H2,1H3;2-3H2,1H3,(H,5,6);1H3/q+1;;/p-1. The molecule has 4 heteroatoms. The van der Waals surface area contributed by atoms with Crippen molar-refractivity contribution in [2.24, 2.45) is 0 Å². The number of pyridine rings is 1. The molecule has 0 fully saturated rings. The summed E-state index contributed by atoms with van der Waals surface area (Å²) in [5, 5.41) is 9.49. The largest absolute Gasteiger partial charge is 0.550 e. The van der Waals surface area contributed by atoms with E-state index in [0.717, 1.165) is 0 Å². The van der Waals surface area contributed by atoms with E-state index in [2.05, 4.69) is 42.1 Å². The maximum absolute atomic E-state index is 9.49. The van der Waals surface area contributed by atoms with Crippen LogP contribution >= 0.6 is 0 Å². The normalized spacial score (nSPS) is 10.0. The number of unbranched alkanes of at least 4 members (excludes halogenated alkanes) is 13. The first-order valence-corrected chi connectivity index (χ1v) is 11.8. The van der Waals surface area contributed by atoms with E-state index in [1.807, 2.05) is 0 Å². The van der Waals surface area contributed by atoms with Crippen LogP contribution in [0.15, 0.2) is 30.6 Å². The van der Waals surface area contributed by atoms with Gasteiger partial charge in [0.05, 0.1) is 0 Å². The van der Waals surface area contributed by atoms with Crippen LogP contribution in [-0.2, 0) is 11.3 Å². The van der Waals surface area contributed by atoms with Crippen LogP contribution in [0.25, 0.3) is 0 Å². The Morgan fingerprint density at radius 1 is 0.655 bits per heavy atom. The van der Waals surface area contributed by atoms with Crippen LogP contribution in [0.4, 0.5) is 0 Å². The molecule has 0 saturated carbocycles. The summed E-state index contributed by atoms with van der Waals surface area (Å²) in [4.78, 5) is 9.49. The van der Waals surface area contributed by atoms with Crippen molar-refractivity contribution >= 4 is 5.97 Å². The minimum Gasteiger partial charge on any atom is -0.550 e. The lowest BCUT2D eigenvalue weighted by Gasteiger charge is -2.02. The highest BCUT2D eigenvalue weighted by Crippen LogP contribution is 2.12. The van der Waals surface area contributed by atoms with E-state index in [4.69, 9.17) is 0 Å². The Kier molecular flexibility index (Phi) is 25.3. The first kappa shape index (κ1) is 29.8. The van der Waals surface area contributed by atoms with Gasteiger partial charge in [-0.25, -0.2) is 4.57 Å². The van der Waals surface area contributed by atoms with Crippen molar-refractivity contribution in [1.29, 1.82) is 0 Å². The fraction of sp³-hybridized carbons (Fsp3) is 0.760. The number of hydrogen-bond donors (Lipinski definition) is 1. The first-order valence-electron chi connectivity index (χ1n) is 11.8. The Hall–Kier alpha value is -1.42. The molecule has 3 N–H and O–H groups in total. The number of aryl methyl sites for hydroxylation is 1. The van der Waals surface area contributed by atoms with E-state index in [1.165, 1.54) is 96.4 Å². The highest BCUT2D eigenvalue weighted by Gasteiger charge is 1.98. The van der Waals surface area contributed by atoms with Gasteiger partial charge in [0.2, 0.25) is 0 Å². The lowest BCUT2D eigenvalue weighted by Crippen LogP contribution is -2.32. The Morgan fingerprint density at radius 3 is 1.41 bits per heavy atom. The molecule has 4 nitrogen and oxygen atoms in total. The second-order valence-electron chi connectivity index (χ2n) is 7.83. The zero-order valence-corrected chi connectivity index (χ0v) is 19.4. The van der Waals surface area contributed by atoms with Crippen LogP contribution in [-0.4, -0.2) is 5.97 Å². The van der Waals surface area contributed by atoms with Gasteiger partial charge < -0.3 is 16.1 Å². The van der Waals surface area contributed by atoms with E-state index in [0.29, 0.717) is 6.42 Å². The van der Waals surface area contributed by atoms with Crippen LogP contribution < -0.4 is 15.8 Å². The lowest BCUT2D eigenvalue weighted by atomic mass is 10.0. The summed E-state index contributed by atoms with van der Waals surface area (Å²) < 4.78 is 2.29. The zero-order chi connectivity index (χ0) is 20.7. The third kappa shape index (κ3) is 24.5. The van der Waals surface area contributed by atoms with Crippen molar-refractivity contribution in [2.45, 2.75) is 123 Å². The predicted molar refractivity (Wildman–Crippen MR) is 122 cm³/mol. The molecule has 0 aliphatic heterocycles. The summed E-state index contributed by atoms with van der Waals surface area (Å²) >= 11 is 0. The first-order chi connectivity index (χ1) is 13.7. The number of aliphatic carboxylic acids is 1. The van der Waals surface area contributed by atoms with Crippen molar-refractivity contribution in [3.8, 4) is 0 Å². The fourth-order valence-electron chi connectivity index (χ4n) is 3.28. The highest BCUT2D eigenvalue weighted by molar-refractivity contribution is 5.63. The van der Waals surface area contributed by atoms with E-state index < -0.39 is 5.97 Å². The molecular formula is C25H48N2O2. The second kappa shape index (κ2) is 24.6. The van der Waals surface area contributed by atoms with E-state index >= 15 is 0 Å². The summed E-state index contributed by atoms with van der Waals surface area (Å²) in [6, 6.07) is 6.31. The van der Waals surface area contributed by atoms with Crippen LogP contribution in [0.5, 0.6) is 0 Å². The van der Waals surface area contributed by atoms with Gasteiger partial charge in [-0.2, -0.15) is 0 Å². The smallest absolute Gasteiger partial charge is 0.168 e. The van der Waals surface area contributed by atoms with Crippen molar-refractivity contribution in [3.63, 3.8) is 0 Å². The van der Waals surface area contributed by atoms with Crippen molar-refractivity contribution in [1.82, 2.24) is 6.15 Å². The number of rotatable bonds is 17. The molecule has 0 radical (unpaired) electrons. The van der Waals surface area contributed by atoms with Crippen molar-refractivity contribution in [2.75, 3.05) is 0 Å². The lowest BCUT2D eigenvalue weighted by molar-refractivity contribution is -0.697. The molecule has 0 bridgehead atoms. The molecule has 1 aromatic heterocycles. The van der Waals surface area contributed by atoms with Crippen LogP contribution in [0.2, 0.25) is 0 Å². The number of aromatic nitrogens is 1. The van der Waals surface area contributed by atoms with Gasteiger partial charge in [0.1, 0.15) is 6.54 Å². The number of hydrogen-bond acceptors (Lipinski definition) is 3. The molecule has 0 saturated heterocycles. The topological polar surface area (TPSA) is 79.0 Å².